The number of aryl methyl sites for hydroxylation is 1. The molecule has 0 unspecified atom stereocenters. The Kier molecular flexibility index (Phi) is 7.31. The molecule has 27 heavy (non-hydrogen) atoms. The fraction of sp³-hybridized carbons (Fsp3) is 0.350. The third-order valence-electron chi connectivity index (χ3n) is 4.03. The monoisotopic (exact) mass is 387 g/mol. The summed E-state index contributed by atoms with van der Waals surface area (Å²) >= 11 is 5.87. The molecule has 1 saturated carbocycles. The molecule has 6 nitrogen and oxygen atoms in total. The molecule has 1 aromatic heterocycles. The van der Waals surface area contributed by atoms with E-state index in [1.165, 1.54) is 12.4 Å². The maximum atomic E-state index is 10.3. The van der Waals surface area contributed by atoms with Crippen LogP contribution in [0.3, 0.4) is 0 Å². The van der Waals surface area contributed by atoms with Gasteiger partial charge in [0.25, 0.3) is 0 Å². The minimum absolute atomic E-state index is 0.0226. The highest BCUT2D eigenvalue weighted by Crippen LogP contribution is 2.26. The quantitative estimate of drug-likeness (QED) is 0.649. The Balaban J connectivity index is 0.000000223. The first kappa shape index (κ1) is 20.8. The second-order valence-electron chi connectivity index (χ2n) is 6.50. The molecule has 2 aromatic rings. The third kappa shape index (κ3) is 6.99. The Labute approximate surface area is 163 Å². The Morgan fingerprint density at radius 1 is 1.37 bits per heavy atom. The summed E-state index contributed by atoms with van der Waals surface area (Å²) in [6.07, 6.45) is 5.82. The lowest BCUT2D eigenvalue weighted by Gasteiger charge is -2.30. The number of aromatic carboxylic acids is 1. The molecule has 7 heteroatoms. The third-order valence-corrected chi connectivity index (χ3v) is 4.26. The van der Waals surface area contributed by atoms with E-state index < -0.39 is 11.6 Å². The van der Waals surface area contributed by atoms with Crippen LogP contribution >= 0.6 is 11.6 Å². The molecule has 0 spiro atoms. The predicted molar refractivity (Wildman–Crippen MR) is 103 cm³/mol. The molecule has 1 heterocycles. The van der Waals surface area contributed by atoms with E-state index in [0.29, 0.717) is 23.6 Å². The number of aliphatic hydroxyl groups is 1. The Bertz CT molecular complexity index is 846. The number of benzene rings is 1. The lowest BCUT2D eigenvalue weighted by Crippen LogP contribution is -2.40. The number of rotatable bonds is 1. The summed E-state index contributed by atoms with van der Waals surface area (Å²) < 4.78 is 0. The van der Waals surface area contributed by atoms with Crippen molar-refractivity contribution in [2.75, 3.05) is 0 Å². The van der Waals surface area contributed by atoms with Gasteiger partial charge in [-0.3, -0.25) is 4.98 Å². The number of aromatic nitrogens is 2. The summed E-state index contributed by atoms with van der Waals surface area (Å²) in [6.45, 7) is 1.75. The van der Waals surface area contributed by atoms with E-state index in [-0.39, 0.29) is 11.7 Å². The van der Waals surface area contributed by atoms with Gasteiger partial charge in [0.05, 0.1) is 11.9 Å². The Morgan fingerprint density at radius 3 is 2.74 bits per heavy atom. The number of carboxylic acids is 1. The lowest BCUT2D eigenvalue weighted by atomic mass is 9.82. The van der Waals surface area contributed by atoms with E-state index in [2.05, 4.69) is 21.8 Å². The van der Waals surface area contributed by atoms with E-state index in [4.69, 9.17) is 22.4 Å². The highest BCUT2D eigenvalue weighted by atomic mass is 35.5. The molecule has 0 aliphatic heterocycles. The second kappa shape index (κ2) is 9.47. The van der Waals surface area contributed by atoms with Gasteiger partial charge >= 0.3 is 5.97 Å². The van der Waals surface area contributed by atoms with Crippen LogP contribution in [-0.4, -0.2) is 37.8 Å². The highest BCUT2D eigenvalue weighted by molar-refractivity contribution is 6.30. The van der Waals surface area contributed by atoms with Gasteiger partial charge < -0.3 is 15.9 Å². The lowest BCUT2D eigenvalue weighted by molar-refractivity contribution is 0.0532. The van der Waals surface area contributed by atoms with Crippen LogP contribution in [0.1, 0.15) is 47.4 Å². The SMILES string of the molecule is Cc1cnc(C(=O)O)cn1.N[C@H]1CCC[C@@](O)(C#Cc2cccc(Cl)c2)C1. The van der Waals surface area contributed by atoms with E-state index in [1.54, 1.807) is 19.1 Å². The van der Waals surface area contributed by atoms with Crippen molar-refractivity contribution < 1.29 is 15.0 Å². The van der Waals surface area contributed by atoms with Gasteiger partial charge in [0.2, 0.25) is 0 Å². The Hall–Kier alpha value is -2.46. The minimum Gasteiger partial charge on any atom is -0.476 e. The topological polar surface area (TPSA) is 109 Å². The molecular weight excluding hydrogens is 366 g/mol. The number of carboxylic acid groups (broad SMARTS) is 1. The van der Waals surface area contributed by atoms with Crippen molar-refractivity contribution in [3.05, 3.63) is 58.6 Å². The van der Waals surface area contributed by atoms with Gasteiger partial charge in [0, 0.05) is 29.2 Å². The predicted octanol–water partition coefficient (Wildman–Crippen LogP) is 2.81. The summed E-state index contributed by atoms with van der Waals surface area (Å²) in [7, 11) is 0. The van der Waals surface area contributed by atoms with Crippen LogP contribution in [0.25, 0.3) is 0 Å². The van der Waals surface area contributed by atoms with Crippen LogP contribution in [0.15, 0.2) is 36.7 Å². The average Bonchev–Trinajstić information content (AvgIpc) is 2.61. The zero-order valence-corrected chi connectivity index (χ0v) is 15.8. The molecular formula is C20H22ClN3O3. The summed E-state index contributed by atoms with van der Waals surface area (Å²) in [5.41, 5.74) is 6.44. The van der Waals surface area contributed by atoms with E-state index in [1.807, 2.05) is 12.1 Å². The maximum Gasteiger partial charge on any atom is 0.356 e. The normalized spacial score (nSPS) is 21.3. The molecule has 1 aliphatic carbocycles. The number of nitrogens with two attached hydrogens (primary N) is 1. The van der Waals surface area contributed by atoms with Crippen LogP contribution < -0.4 is 5.73 Å². The molecule has 1 aliphatic rings. The highest BCUT2D eigenvalue weighted by Gasteiger charge is 2.30. The van der Waals surface area contributed by atoms with Crippen molar-refractivity contribution in [2.45, 2.75) is 44.2 Å². The molecule has 0 radical (unpaired) electrons. The van der Waals surface area contributed by atoms with Gasteiger partial charge in [-0.05, 0) is 44.4 Å². The maximum absolute atomic E-state index is 10.3. The molecule has 0 amide bonds. The van der Waals surface area contributed by atoms with Crippen molar-refractivity contribution in [3.8, 4) is 11.8 Å². The van der Waals surface area contributed by atoms with Gasteiger partial charge in [-0.25, -0.2) is 9.78 Å². The smallest absolute Gasteiger partial charge is 0.356 e. The number of hydrogen-bond donors (Lipinski definition) is 3. The van der Waals surface area contributed by atoms with Crippen molar-refractivity contribution in [3.63, 3.8) is 0 Å². The molecule has 1 aromatic carbocycles. The zero-order chi connectivity index (χ0) is 19.9. The van der Waals surface area contributed by atoms with Gasteiger partial charge in [-0.15, -0.1) is 0 Å². The first-order valence-electron chi connectivity index (χ1n) is 8.56. The molecule has 142 valence electrons. The van der Waals surface area contributed by atoms with Crippen LogP contribution in [-0.2, 0) is 0 Å². The number of nitrogens with zero attached hydrogens (tertiary/aromatic N) is 2. The van der Waals surface area contributed by atoms with Crippen molar-refractivity contribution in [1.82, 2.24) is 9.97 Å². The van der Waals surface area contributed by atoms with Gasteiger partial charge in [-0.1, -0.05) is 29.5 Å². The van der Waals surface area contributed by atoms with Crippen LogP contribution in [0.4, 0.5) is 0 Å². The minimum atomic E-state index is -1.05. The Morgan fingerprint density at radius 2 is 2.15 bits per heavy atom. The van der Waals surface area contributed by atoms with Crippen LogP contribution in [0.2, 0.25) is 5.02 Å². The van der Waals surface area contributed by atoms with Gasteiger partial charge in [0.15, 0.2) is 5.69 Å². The van der Waals surface area contributed by atoms with Crippen molar-refractivity contribution >= 4 is 17.6 Å². The largest absolute Gasteiger partial charge is 0.476 e. The summed E-state index contributed by atoms with van der Waals surface area (Å²) in [5.74, 6) is 4.87. The second-order valence-corrected chi connectivity index (χ2v) is 6.93. The molecule has 1 fully saturated rings. The summed E-state index contributed by atoms with van der Waals surface area (Å²) in [6, 6.07) is 7.38. The molecule has 2 atom stereocenters. The average molecular weight is 388 g/mol. The summed E-state index contributed by atoms with van der Waals surface area (Å²) in [5, 5.41) is 19.3. The number of hydrogen-bond acceptors (Lipinski definition) is 5. The van der Waals surface area contributed by atoms with Crippen molar-refractivity contribution in [2.24, 2.45) is 5.73 Å². The molecule has 4 N–H and O–H groups in total. The van der Waals surface area contributed by atoms with E-state index in [0.717, 1.165) is 18.4 Å². The van der Waals surface area contributed by atoms with E-state index >= 15 is 0 Å². The first-order valence-corrected chi connectivity index (χ1v) is 8.94. The summed E-state index contributed by atoms with van der Waals surface area (Å²) in [4.78, 5) is 17.6. The zero-order valence-electron chi connectivity index (χ0n) is 15.0. The van der Waals surface area contributed by atoms with Crippen LogP contribution in [0, 0.1) is 18.8 Å². The fourth-order valence-corrected chi connectivity index (χ4v) is 2.86. The van der Waals surface area contributed by atoms with Crippen LogP contribution in [0.5, 0.6) is 0 Å². The number of halogens is 1. The van der Waals surface area contributed by atoms with Gasteiger partial charge in [-0.2, -0.15) is 0 Å². The molecule has 0 bridgehead atoms. The van der Waals surface area contributed by atoms with E-state index in [9.17, 15) is 9.90 Å². The first-order chi connectivity index (χ1) is 12.8. The number of carbonyl (C=O) groups is 1. The van der Waals surface area contributed by atoms with Gasteiger partial charge in [0.1, 0.15) is 5.60 Å². The molecule has 3 rings (SSSR count). The fourth-order valence-electron chi connectivity index (χ4n) is 2.67. The van der Waals surface area contributed by atoms with Crippen molar-refractivity contribution in [1.29, 1.82) is 0 Å². The standard InChI is InChI=1S/C14H16ClNO.C6H6N2O2/c15-12-4-1-3-11(9-12)6-8-14(17)7-2-5-13(16)10-14;1-4-2-8-5(3-7-4)6(9)10/h1,3-4,9,13,17H,2,5,7,10,16H2;2-3H,1H3,(H,9,10)/t13-,14+;/m0./s1. The molecule has 0 saturated heterocycles.